The van der Waals surface area contributed by atoms with E-state index in [9.17, 15) is 9.59 Å². The zero-order valence-corrected chi connectivity index (χ0v) is 21.8. The number of nitrogens with zero attached hydrogens (tertiary/aromatic N) is 1. The number of carbonyl (C=O) groups is 2. The van der Waals surface area contributed by atoms with Crippen LogP contribution < -0.4 is 5.32 Å². The van der Waals surface area contributed by atoms with Gasteiger partial charge in [-0.1, -0.05) is 72.4 Å². The molecule has 1 atom stereocenters. The van der Waals surface area contributed by atoms with Gasteiger partial charge in [-0.2, -0.15) is 0 Å². The van der Waals surface area contributed by atoms with Crippen LogP contribution in [0.1, 0.15) is 37.8 Å². The summed E-state index contributed by atoms with van der Waals surface area (Å²) in [6, 6.07) is 9.98. The lowest BCUT2D eigenvalue weighted by Crippen LogP contribution is -2.49. The fourth-order valence-corrected chi connectivity index (χ4v) is 4.80. The molecule has 174 valence electrons. The molecular formula is C23H26Cl4N2O2S. The number of carbonyl (C=O) groups excluding carboxylic acids is 2. The minimum atomic E-state index is -0.619. The predicted octanol–water partition coefficient (Wildman–Crippen LogP) is 6.87. The molecular weight excluding hydrogens is 510 g/mol. The van der Waals surface area contributed by atoms with Crippen LogP contribution in [0.15, 0.2) is 36.4 Å². The van der Waals surface area contributed by atoms with E-state index in [1.165, 1.54) is 11.8 Å². The summed E-state index contributed by atoms with van der Waals surface area (Å²) in [5.74, 6) is 0.437. The minimum absolute atomic E-state index is 0.155. The van der Waals surface area contributed by atoms with E-state index in [1.807, 2.05) is 19.9 Å². The van der Waals surface area contributed by atoms with Crippen LogP contribution in [0, 0.1) is 0 Å². The normalized spacial score (nSPS) is 11.8. The molecule has 0 fully saturated rings. The Kier molecular flexibility index (Phi) is 11.5. The summed E-state index contributed by atoms with van der Waals surface area (Å²) in [4.78, 5) is 27.6. The van der Waals surface area contributed by atoms with Gasteiger partial charge in [0, 0.05) is 34.5 Å². The Morgan fingerprint density at radius 3 is 2.28 bits per heavy atom. The molecule has 32 heavy (non-hydrogen) atoms. The van der Waals surface area contributed by atoms with Gasteiger partial charge in [0.15, 0.2) is 0 Å². The van der Waals surface area contributed by atoms with Crippen molar-refractivity contribution >= 4 is 70.0 Å². The summed E-state index contributed by atoms with van der Waals surface area (Å²) >= 11 is 26.2. The molecule has 2 aromatic carbocycles. The van der Waals surface area contributed by atoms with Crippen molar-refractivity contribution in [3.05, 3.63) is 67.6 Å². The van der Waals surface area contributed by atoms with Crippen LogP contribution in [0.25, 0.3) is 0 Å². The Hall–Kier alpha value is -1.11. The van der Waals surface area contributed by atoms with Gasteiger partial charge in [0.1, 0.15) is 6.04 Å². The van der Waals surface area contributed by atoms with Gasteiger partial charge in [-0.15, -0.1) is 11.8 Å². The van der Waals surface area contributed by atoms with Crippen molar-refractivity contribution in [2.24, 2.45) is 0 Å². The highest BCUT2D eigenvalue weighted by atomic mass is 35.5. The smallest absolute Gasteiger partial charge is 0.242 e. The number of hydrogen-bond acceptors (Lipinski definition) is 3. The third-order valence-corrected chi connectivity index (χ3v) is 7.24. The SMILES string of the molecule is CCCNC(=O)[C@@H](CC)N(Cc1c(Cl)cccc1Cl)C(=O)CSCc1ccc(Cl)c(Cl)c1. The van der Waals surface area contributed by atoms with Gasteiger partial charge in [0.25, 0.3) is 0 Å². The molecule has 0 radical (unpaired) electrons. The molecule has 1 N–H and O–H groups in total. The van der Waals surface area contributed by atoms with Crippen molar-refractivity contribution in [1.29, 1.82) is 0 Å². The highest BCUT2D eigenvalue weighted by Gasteiger charge is 2.29. The van der Waals surface area contributed by atoms with Crippen molar-refractivity contribution in [2.75, 3.05) is 12.3 Å². The Balaban J connectivity index is 2.18. The van der Waals surface area contributed by atoms with E-state index in [2.05, 4.69) is 5.32 Å². The molecule has 4 nitrogen and oxygen atoms in total. The number of thioether (sulfide) groups is 1. The summed E-state index contributed by atoms with van der Waals surface area (Å²) in [5, 5.41) is 4.78. The Morgan fingerprint density at radius 1 is 1.00 bits per heavy atom. The molecule has 2 rings (SSSR count). The maximum absolute atomic E-state index is 13.3. The molecule has 2 aromatic rings. The Morgan fingerprint density at radius 2 is 1.69 bits per heavy atom. The number of rotatable bonds is 11. The fourth-order valence-electron chi connectivity index (χ4n) is 3.11. The van der Waals surface area contributed by atoms with E-state index < -0.39 is 6.04 Å². The van der Waals surface area contributed by atoms with E-state index in [1.54, 1.807) is 35.2 Å². The molecule has 2 amide bonds. The number of hydrogen-bond donors (Lipinski definition) is 1. The lowest BCUT2D eigenvalue weighted by Gasteiger charge is -2.31. The van der Waals surface area contributed by atoms with Crippen LogP contribution in [0.5, 0.6) is 0 Å². The predicted molar refractivity (Wildman–Crippen MR) is 137 cm³/mol. The molecule has 0 bridgehead atoms. The number of nitrogens with one attached hydrogen (secondary N) is 1. The maximum atomic E-state index is 13.3. The first kappa shape index (κ1) is 27.1. The lowest BCUT2D eigenvalue weighted by atomic mass is 10.1. The number of halogens is 4. The van der Waals surface area contributed by atoms with Gasteiger partial charge < -0.3 is 10.2 Å². The fraction of sp³-hybridized carbons (Fsp3) is 0.391. The van der Waals surface area contributed by atoms with Crippen molar-refractivity contribution in [3.8, 4) is 0 Å². The largest absolute Gasteiger partial charge is 0.354 e. The second-order valence-electron chi connectivity index (χ2n) is 7.18. The second-order valence-corrected chi connectivity index (χ2v) is 9.79. The summed E-state index contributed by atoms with van der Waals surface area (Å²) in [5.41, 5.74) is 1.59. The maximum Gasteiger partial charge on any atom is 0.242 e. The second kappa shape index (κ2) is 13.6. The zero-order valence-electron chi connectivity index (χ0n) is 18.0. The molecule has 0 aliphatic rings. The number of amides is 2. The topological polar surface area (TPSA) is 49.4 Å². The summed E-state index contributed by atoms with van der Waals surface area (Å²) in [6.07, 6.45) is 1.28. The lowest BCUT2D eigenvalue weighted by molar-refractivity contribution is -0.139. The third-order valence-electron chi connectivity index (χ3n) is 4.80. The van der Waals surface area contributed by atoms with Gasteiger partial charge in [-0.05, 0) is 42.7 Å². The van der Waals surface area contributed by atoms with Gasteiger partial charge in [0.05, 0.1) is 15.8 Å². The monoisotopic (exact) mass is 534 g/mol. The van der Waals surface area contributed by atoms with Crippen molar-refractivity contribution in [3.63, 3.8) is 0 Å². The molecule has 0 aromatic heterocycles. The van der Waals surface area contributed by atoms with Crippen LogP contribution in [0.3, 0.4) is 0 Å². The zero-order chi connectivity index (χ0) is 23.7. The summed E-state index contributed by atoms with van der Waals surface area (Å²) in [6.45, 7) is 4.57. The highest BCUT2D eigenvalue weighted by molar-refractivity contribution is 7.99. The first-order valence-electron chi connectivity index (χ1n) is 10.3. The summed E-state index contributed by atoms with van der Waals surface area (Å²) in [7, 11) is 0. The Bertz CT molecular complexity index is 922. The third kappa shape index (κ3) is 7.74. The molecule has 0 saturated carbocycles. The van der Waals surface area contributed by atoms with Gasteiger partial charge in [-0.25, -0.2) is 0 Å². The van der Waals surface area contributed by atoms with Crippen LogP contribution in [0.4, 0.5) is 0 Å². The summed E-state index contributed by atoms with van der Waals surface area (Å²) < 4.78 is 0. The van der Waals surface area contributed by atoms with Crippen LogP contribution >= 0.6 is 58.2 Å². The first-order valence-corrected chi connectivity index (χ1v) is 13.0. The highest BCUT2D eigenvalue weighted by Crippen LogP contribution is 2.28. The van der Waals surface area contributed by atoms with E-state index in [0.717, 1.165) is 12.0 Å². The molecule has 0 unspecified atom stereocenters. The average molecular weight is 536 g/mol. The van der Waals surface area contributed by atoms with Crippen LogP contribution in [0.2, 0.25) is 20.1 Å². The molecule has 9 heteroatoms. The standard InChI is InChI=1S/C23H26Cl4N2O2S/c1-3-10-28-23(31)21(4-2)29(12-16-17(24)6-5-7-18(16)25)22(30)14-32-13-15-8-9-19(26)20(27)11-15/h5-9,11,21H,3-4,10,12-14H2,1-2H3,(H,28,31)/t21-/m1/s1. The van der Waals surface area contributed by atoms with Crippen LogP contribution in [-0.4, -0.2) is 35.1 Å². The van der Waals surface area contributed by atoms with Crippen LogP contribution in [-0.2, 0) is 21.9 Å². The van der Waals surface area contributed by atoms with Crippen molar-refractivity contribution in [1.82, 2.24) is 10.2 Å². The molecule has 0 spiro atoms. The van der Waals surface area contributed by atoms with E-state index in [0.29, 0.717) is 44.4 Å². The van der Waals surface area contributed by atoms with E-state index in [4.69, 9.17) is 46.4 Å². The quantitative estimate of drug-likeness (QED) is 0.341. The molecule has 0 aliphatic carbocycles. The number of benzene rings is 2. The molecule has 0 aliphatic heterocycles. The van der Waals surface area contributed by atoms with Gasteiger partial charge >= 0.3 is 0 Å². The van der Waals surface area contributed by atoms with Gasteiger partial charge in [0.2, 0.25) is 11.8 Å². The molecule has 0 saturated heterocycles. The van der Waals surface area contributed by atoms with Gasteiger partial charge in [-0.3, -0.25) is 9.59 Å². The Labute approximate surface area is 213 Å². The van der Waals surface area contributed by atoms with E-state index >= 15 is 0 Å². The molecule has 0 heterocycles. The average Bonchev–Trinajstić information content (AvgIpc) is 2.76. The minimum Gasteiger partial charge on any atom is -0.354 e. The van der Waals surface area contributed by atoms with E-state index in [-0.39, 0.29) is 24.1 Å². The first-order chi connectivity index (χ1) is 15.3. The van der Waals surface area contributed by atoms with Crippen molar-refractivity contribution < 1.29 is 9.59 Å². The van der Waals surface area contributed by atoms with Crippen molar-refractivity contribution in [2.45, 2.75) is 45.0 Å².